The van der Waals surface area contributed by atoms with Gasteiger partial charge in [0.15, 0.2) is 0 Å². The number of carboxylic acid groups (broad SMARTS) is 1. The van der Waals surface area contributed by atoms with E-state index in [0.717, 1.165) is 16.6 Å². The Morgan fingerprint density at radius 1 is 1.41 bits per heavy atom. The van der Waals surface area contributed by atoms with Gasteiger partial charge in [0.25, 0.3) is 0 Å². The maximum absolute atomic E-state index is 11.0. The van der Waals surface area contributed by atoms with Gasteiger partial charge in [-0.3, -0.25) is 4.98 Å². The van der Waals surface area contributed by atoms with Crippen LogP contribution in [0.15, 0.2) is 36.5 Å². The van der Waals surface area contributed by atoms with Crippen molar-refractivity contribution >= 4 is 22.6 Å². The van der Waals surface area contributed by atoms with Crippen LogP contribution in [0.5, 0.6) is 0 Å². The Hall–Kier alpha value is -2.10. The number of anilines is 1. The first-order chi connectivity index (χ1) is 8.22. The first-order valence-electron chi connectivity index (χ1n) is 5.55. The fourth-order valence-corrected chi connectivity index (χ4v) is 1.76. The second kappa shape index (κ2) is 4.82. The van der Waals surface area contributed by atoms with Gasteiger partial charge < -0.3 is 10.4 Å². The molecular formula is C13H14N2O2. The van der Waals surface area contributed by atoms with Crippen molar-refractivity contribution in [2.75, 3.05) is 5.32 Å². The molecule has 2 aromatic rings. The summed E-state index contributed by atoms with van der Waals surface area (Å²) in [5.41, 5.74) is 1.67. The number of hydrogen-bond acceptors (Lipinski definition) is 3. The van der Waals surface area contributed by atoms with E-state index < -0.39 is 12.0 Å². The smallest absolute Gasteiger partial charge is 0.326 e. The summed E-state index contributed by atoms with van der Waals surface area (Å²) in [6, 6.07) is 8.85. The second-order valence-corrected chi connectivity index (χ2v) is 3.82. The quantitative estimate of drug-likeness (QED) is 0.847. The third-order valence-corrected chi connectivity index (χ3v) is 2.68. The van der Waals surface area contributed by atoms with E-state index >= 15 is 0 Å². The number of aromatic nitrogens is 1. The molecule has 0 saturated carbocycles. The predicted octanol–water partition coefficient (Wildman–Crippen LogP) is 2.51. The minimum Gasteiger partial charge on any atom is -0.480 e. The lowest BCUT2D eigenvalue weighted by Gasteiger charge is -2.15. The molecule has 17 heavy (non-hydrogen) atoms. The largest absolute Gasteiger partial charge is 0.480 e. The molecule has 4 heteroatoms. The van der Waals surface area contributed by atoms with Crippen molar-refractivity contribution in [2.45, 2.75) is 19.4 Å². The van der Waals surface area contributed by atoms with E-state index in [4.69, 9.17) is 5.11 Å². The molecule has 1 heterocycles. The summed E-state index contributed by atoms with van der Waals surface area (Å²) in [6.45, 7) is 1.84. The lowest BCUT2D eigenvalue weighted by Crippen LogP contribution is -2.28. The van der Waals surface area contributed by atoms with E-state index in [0.29, 0.717) is 6.42 Å². The van der Waals surface area contributed by atoms with Crippen molar-refractivity contribution in [1.29, 1.82) is 0 Å². The van der Waals surface area contributed by atoms with Gasteiger partial charge in [0.05, 0.1) is 5.52 Å². The van der Waals surface area contributed by atoms with Crippen molar-refractivity contribution < 1.29 is 9.90 Å². The molecule has 1 aromatic heterocycles. The number of benzene rings is 1. The molecule has 0 aliphatic rings. The van der Waals surface area contributed by atoms with E-state index in [9.17, 15) is 4.79 Å². The van der Waals surface area contributed by atoms with Crippen LogP contribution in [0.25, 0.3) is 10.9 Å². The monoisotopic (exact) mass is 230 g/mol. The fraction of sp³-hybridized carbons (Fsp3) is 0.231. The predicted molar refractivity (Wildman–Crippen MR) is 67.1 cm³/mol. The topological polar surface area (TPSA) is 62.2 Å². The van der Waals surface area contributed by atoms with E-state index in [1.807, 2.05) is 37.3 Å². The van der Waals surface area contributed by atoms with E-state index in [1.165, 1.54) is 0 Å². The summed E-state index contributed by atoms with van der Waals surface area (Å²) in [5.74, 6) is -0.839. The van der Waals surface area contributed by atoms with Crippen LogP contribution in [0, 0.1) is 0 Å². The summed E-state index contributed by atoms with van der Waals surface area (Å²) in [4.78, 5) is 15.2. The lowest BCUT2D eigenvalue weighted by molar-refractivity contribution is -0.137. The normalized spacial score (nSPS) is 12.3. The molecule has 1 atom stereocenters. The molecule has 4 nitrogen and oxygen atoms in total. The van der Waals surface area contributed by atoms with Crippen LogP contribution in [-0.2, 0) is 4.79 Å². The van der Waals surface area contributed by atoms with Gasteiger partial charge in [0, 0.05) is 17.3 Å². The number of nitrogens with one attached hydrogen (secondary N) is 1. The number of nitrogens with zero attached hydrogens (tertiary/aromatic N) is 1. The summed E-state index contributed by atoms with van der Waals surface area (Å²) < 4.78 is 0. The Morgan fingerprint density at radius 2 is 2.24 bits per heavy atom. The Bertz CT molecular complexity index is 534. The molecule has 2 rings (SSSR count). The molecule has 0 spiro atoms. The van der Waals surface area contributed by atoms with Crippen molar-refractivity contribution in [3.8, 4) is 0 Å². The fourth-order valence-electron chi connectivity index (χ4n) is 1.76. The summed E-state index contributed by atoms with van der Waals surface area (Å²) in [5, 5.41) is 13.0. The summed E-state index contributed by atoms with van der Waals surface area (Å²) >= 11 is 0. The number of fused-ring (bicyclic) bond motifs is 1. The number of carboxylic acids is 1. The van der Waals surface area contributed by atoms with Gasteiger partial charge in [-0.25, -0.2) is 4.79 Å². The average Bonchev–Trinajstić information content (AvgIpc) is 2.35. The van der Waals surface area contributed by atoms with Crippen LogP contribution in [0.3, 0.4) is 0 Å². The molecular weight excluding hydrogens is 216 g/mol. The summed E-state index contributed by atoms with van der Waals surface area (Å²) in [6.07, 6.45) is 2.26. The first kappa shape index (κ1) is 11.4. The number of pyridine rings is 1. The molecule has 0 aliphatic carbocycles. The minimum absolute atomic E-state index is 0.534. The maximum Gasteiger partial charge on any atom is 0.326 e. The van der Waals surface area contributed by atoms with E-state index in [2.05, 4.69) is 10.3 Å². The highest BCUT2D eigenvalue weighted by Gasteiger charge is 2.15. The van der Waals surface area contributed by atoms with Gasteiger partial charge in [0.2, 0.25) is 0 Å². The molecule has 0 saturated heterocycles. The van der Waals surface area contributed by atoms with E-state index in [-0.39, 0.29) is 0 Å². The number of rotatable bonds is 4. The standard InChI is InChI=1S/C13H14N2O2/c1-2-10(13(16)17)15-12-7-3-6-11-9(12)5-4-8-14-11/h3-8,10,15H,2H2,1H3,(H,16,17). The van der Waals surface area contributed by atoms with Crippen molar-refractivity contribution in [3.05, 3.63) is 36.5 Å². The van der Waals surface area contributed by atoms with Gasteiger partial charge >= 0.3 is 5.97 Å². The van der Waals surface area contributed by atoms with Crippen LogP contribution in [0.2, 0.25) is 0 Å². The van der Waals surface area contributed by atoms with Gasteiger partial charge in [-0.05, 0) is 30.7 Å². The van der Waals surface area contributed by atoms with Gasteiger partial charge in [0.1, 0.15) is 6.04 Å². The Balaban J connectivity index is 2.38. The minimum atomic E-state index is -0.839. The lowest BCUT2D eigenvalue weighted by atomic mass is 10.1. The maximum atomic E-state index is 11.0. The van der Waals surface area contributed by atoms with Crippen molar-refractivity contribution in [1.82, 2.24) is 4.98 Å². The van der Waals surface area contributed by atoms with Crippen molar-refractivity contribution in [2.24, 2.45) is 0 Å². The molecule has 1 aromatic carbocycles. The van der Waals surface area contributed by atoms with Gasteiger partial charge in [-0.15, -0.1) is 0 Å². The third-order valence-electron chi connectivity index (χ3n) is 2.68. The highest BCUT2D eigenvalue weighted by atomic mass is 16.4. The molecule has 0 amide bonds. The Labute approximate surface area is 99.3 Å². The Kier molecular flexibility index (Phi) is 3.23. The zero-order valence-corrected chi connectivity index (χ0v) is 9.55. The highest BCUT2D eigenvalue weighted by molar-refractivity contribution is 5.92. The molecule has 0 bridgehead atoms. The van der Waals surface area contributed by atoms with Gasteiger partial charge in [-0.2, -0.15) is 0 Å². The highest BCUT2D eigenvalue weighted by Crippen LogP contribution is 2.22. The zero-order chi connectivity index (χ0) is 12.3. The van der Waals surface area contributed by atoms with Crippen LogP contribution in [0.4, 0.5) is 5.69 Å². The van der Waals surface area contributed by atoms with Crippen LogP contribution in [0.1, 0.15) is 13.3 Å². The Morgan fingerprint density at radius 3 is 2.94 bits per heavy atom. The van der Waals surface area contributed by atoms with Gasteiger partial charge in [-0.1, -0.05) is 13.0 Å². The van der Waals surface area contributed by atoms with E-state index in [1.54, 1.807) is 6.20 Å². The number of hydrogen-bond donors (Lipinski definition) is 2. The number of carbonyl (C=O) groups is 1. The molecule has 0 fully saturated rings. The zero-order valence-electron chi connectivity index (χ0n) is 9.55. The van der Waals surface area contributed by atoms with Crippen molar-refractivity contribution in [3.63, 3.8) is 0 Å². The number of aliphatic carboxylic acids is 1. The summed E-state index contributed by atoms with van der Waals surface area (Å²) in [7, 11) is 0. The van der Waals surface area contributed by atoms with Crippen LogP contribution >= 0.6 is 0 Å². The average molecular weight is 230 g/mol. The van der Waals surface area contributed by atoms with Crippen LogP contribution < -0.4 is 5.32 Å². The third kappa shape index (κ3) is 2.36. The molecule has 2 N–H and O–H groups in total. The molecule has 0 radical (unpaired) electrons. The molecule has 88 valence electrons. The SMILES string of the molecule is CCC(Nc1cccc2ncccc12)C(=O)O. The molecule has 1 unspecified atom stereocenters. The van der Waals surface area contributed by atoms with Crippen LogP contribution in [-0.4, -0.2) is 22.1 Å². The second-order valence-electron chi connectivity index (χ2n) is 3.82. The first-order valence-corrected chi connectivity index (χ1v) is 5.55. The molecule has 0 aliphatic heterocycles.